The highest BCUT2D eigenvalue weighted by Crippen LogP contribution is 2.04. The highest BCUT2D eigenvalue weighted by Gasteiger charge is 1.98. The number of benzene rings is 1. The molecule has 0 aliphatic carbocycles. The van der Waals surface area contributed by atoms with Crippen LogP contribution in [-0.4, -0.2) is 12.4 Å². The third-order valence-electron chi connectivity index (χ3n) is 2.19. The molecule has 0 saturated heterocycles. The second-order valence-corrected chi connectivity index (χ2v) is 3.64. The molecule has 82 valence electrons. The average molecular weight is 205 g/mol. The van der Waals surface area contributed by atoms with Gasteiger partial charge in [-0.3, -0.25) is 4.99 Å². The third kappa shape index (κ3) is 4.13. The Balaban J connectivity index is 2.62. The lowest BCUT2D eigenvalue weighted by Gasteiger charge is -2.06. The van der Waals surface area contributed by atoms with Crippen LogP contribution in [0, 0.1) is 6.92 Å². The van der Waals surface area contributed by atoms with Crippen LogP contribution in [0.4, 0.5) is 0 Å². The molecule has 0 atom stereocenters. The number of aryl methyl sites for hydroxylation is 1. The molecule has 0 spiro atoms. The largest absolute Gasteiger partial charge is 0.312 e. The maximum atomic E-state index is 5.41. The van der Waals surface area contributed by atoms with Gasteiger partial charge in [-0.1, -0.05) is 36.8 Å². The van der Waals surface area contributed by atoms with Crippen molar-refractivity contribution in [3.8, 4) is 0 Å². The normalized spacial score (nSPS) is 11.5. The summed E-state index contributed by atoms with van der Waals surface area (Å²) < 4.78 is 0. The van der Waals surface area contributed by atoms with Crippen molar-refractivity contribution < 1.29 is 0 Å². The van der Waals surface area contributed by atoms with E-state index in [4.69, 9.17) is 5.84 Å². The Morgan fingerprint density at radius 2 is 2.00 bits per heavy atom. The van der Waals surface area contributed by atoms with Crippen LogP contribution in [0.1, 0.15) is 24.5 Å². The smallest absolute Gasteiger partial charge is 0.115 e. The number of hydrazine groups is 1. The summed E-state index contributed by atoms with van der Waals surface area (Å²) in [6.07, 6.45) is 1.82. The van der Waals surface area contributed by atoms with E-state index < -0.39 is 0 Å². The summed E-state index contributed by atoms with van der Waals surface area (Å²) >= 11 is 0. The first kappa shape index (κ1) is 11.7. The Morgan fingerprint density at radius 3 is 2.53 bits per heavy atom. The fourth-order valence-electron chi connectivity index (χ4n) is 1.30. The second-order valence-electron chi connectivity index (χ2n) is 3.64. The van der Waals surface area contributed by atoms with Crippen LogP contribution >= 0.6 is 0 Å². The molecule has 0 aliphatic rings. The van der Waals surface area contributed by atoms with Gasteiger partial charge in [-0.25, -0.2) is 5.84 Å². The van der Waals surface area contributed by atoms with Crippen molar-refractivity contribution in [2.75, 3.05) is 6.54 Å². The molecule has 3 nitrogen and oxygen atoms in total. The van der Waals surface area contributed by atoms with Crippen molar-refractivity contribution in [3.05, 3.63) is 35.4 Å². The molecule has 1 aromatic carbocycles. The van der Waals surface area contributed by atoms with Crippen molar-refractivity contribution in [1.29, 1.82) is 0 Å². The van der Waals surface area contributed by atoms with Gasteiger partial charge in [0.2, 0.25) is 0 Å². The van der Waals surface area contributed by atoms with Crippen LogP contribution in [0.3, 0.4) is 0 Å². The minimum absolute atomic E-state index is 0.775. The third-order valence-corrected chi connectivity index (χ3v) is 2.19. The van der Waals surface area contributed by atoms with Crippen LogP contribution in [0.25, 0.3) is 0 Å². The molecule has 0 amide bonds. The monoisotopic (exact) mass is 205 g/mol. The minimum atomic E-state index is 0.775. The van der Waals surface area contributed by atoms with Crippen molar-refractivity contribution in [2.24, 2.45) is 10.8 Å². The standard InChI is InChI=1S/C12H19N3/c1-3-8-14-12(15-13)9-11-6-4-10(2)5-7-11/h4-7H,3,8-9,13H2,1-2H3,(H,14,15). The number of nitrogens with zero attached hydrogens (tertiary/aromatic N) is 1. The predicted molar refractivity (Wildman–Crippen MR) is 64.8 cm³/mol. The van der Waals surface area contributed by atoms with Crippen LogP contribution < -0.4 is 11.3 Å². The zero-order valence-corrected chi connectivity index (χ0v) is 9.46. The summed E-state index contributed by atoms with van der Waals surface area (Å²) in [5.41, 5.74) is 5.15. The van der Waals surface area contributed by atoms with Crippen LogP contribution in [-0.2, 0) is 6.42 Å². The Kier molecular flexibility index (Phi) is 4.84. The first-order chi connectivity index (χ1) is 7.26. The lowest BCUT2D eigenvalue weighted by molar-refractivity contribution is 0.893. The summed E-state index contributed by atoms with van der Waals surface area (Å²) in [5, 5.41) is 0. The Hall–Kier alpha value is -1.35. The van der Waals surface area contributed by atoms with E-state index >= 15 is 0 Å². The number of amidine groups is 1. The zero-order valence-electron chi connectivity index (χ0n) is 9.46. The van der Waals surface area contributed by atoms with Crippen molar-refractivity contribution in [3.63, 3.8) is 0 Å². The molecule has 0 unspecified atom stereocenters. The molecule has 0 aliphatic heterocycles. The Bertz CT molecular complexity index is 314. The van der Waals surface area contributed by atoms with Gasteiger partial charge in [0.05, 0.1) is 0 Å². The molecule has 3 heteroatoms. The van der Waals surface area contributed by atoms with Gasteiger partial charge in [0.25, 0.3) is 0 Å². The van der Waals surface area contributed by atoms with Gasteiger partial charge < -0.3 is 5.43 Å². The Morgan fingerprint density at radius 1 is 1.33 bits per heavy atom. The fourth-order valence-corrected chi connectivity index (χ4v) is 1.30. The minimum Gasteiger partial charge on any atom is -0.312 e. The zero-order chi connectivity index (χ0) is 11.1. The topological polar surface area (TPSA) is 50.4 Å². The highest BCUT2D eigenvalue weighted by molar-refractivity contribution is 5.83. The van der Waals surface area contributed by atoms with Crippen LogP contribution in [0.15, 0.2) is 29.3 Å². The van der Waals surface area contributed by atoms with E-state index in [1.54, 1.807) is 0 Å². The number of rotatable bonds is 4. The van der Waals surface area contributed by atoms with E-state index in [-0.39, 0.29) is 0 Å². The van der Waals surface area contributed by atoms with Gasteiger partial charge >= 0.3 is 0 Å². The van der Waals surface area contributed by atoms with E-state index in [1.807, 2.05) is 0 Å². The summed E-state index contributed by atoms with van der Waals surface area (Å²) in [4.78, 5) is 4.36. The van der Waals surface area contributed by atoms with Gasteiger partial charge in [-0.15, -0.1) is 0 Å². The van der Waals surface area contributed by atoms with Crippen LogP contribution in [0.5, 0.6) is 0 Å². The molecular weight excluding hydrogens is 186 g/mol. The number of aliphatic imine (C=N–C) groups is 1. The molecule has 0 heterocycles. The molecule has 1 rings (SSSR count). The van der Waals surface area contributed by atoms with Gasteiger partial charge in [0.15, 0.2) is 0 Å². The SMILES string of the molecule is CCCN=C(Cc1ccc(C)cc1)NN. The second kappa shape index (κ2) is 6.19. The highest BCUT2D eigenvalue weighted by atomic mass is 15.2. The maximum absolute atomic E-state index is 5.41. The lowest BCUT2D eigenvalue weighted by Crippen LogP contribution is -2.32. The Labute approximate surface area is 91.4 Å². The molecule has 15 heavy (non-hydrogen) atoms. The number of nitrogens with two attached hydrogens (primary N) is 1. The molecule has 1 aromatic rings. The summed E-state index contributed by atoms with van der Waals surface area (Å²) in [6.45, 7) is 5.01. The van der Waals surface area contributed by atoms with Gasteiger partial charge in [0, 0.05) is 13.0 Å². The van der Waals surface area contributed by atoms with E-state index in [9.17, 15) is 0 Å². The van der Waals surface area contributed by atoms with E-state index in [0.29, 0.717) is 0 Å². The first-order valence-corrected chi connectivity index (χ1v) is 5.31. The number of hydrogen-bond acceptors (Lipinski definition) is 2. The molecule has 0 bridgehead atoms. The number of hydrogen-bond donors (Lipinski definition) is 2. The van der Waals surface area contributed by atoms with Gasteiger partial charge in [-0.2, -0.15) is 0 Å². The maximum Gasteiger partial charge on any atom is 0.115 e. The molecule has 0 aromatic heterocycles. The molecule has 0 fully saturated rings. The van der Waals surface area contributed by atoms with Crippen molar-refractivity contribution >= 4 is 5.84 Å². The van der Waals surface area contributed by atoms with E-state index in [0.717, 1.165) is 25.2 Å². The van der Waals surface area contributed by atoms with Gasteiger partial charge in [0.1, 0.15) is 5.84 Å². The van der Waals surface area contributed by atoms with Crippen molar-refractivity contribution in [1.82, 2.24) is 5.43 Å². The molecule has 0 saturated carbocycles. The first-order valence-electron chi connectivity index (χ1n) is 5.31. The van der Waals surface area contributed by atoms with E-state index in [2.05, 4.69) is 48.5 Å². The quantitative estimate of drug-likeness (QED) is 0.341. The lowest BCUT2D eigenvalue weighted by atomic mass is 10.1. The molecular formula is C12H19N3. The average Bonchev–Trinajstić information content (AvgIpc) is 2.27. The van der Waals surface area contributed by atoms with Gasteiger partial charge in [-0.05, 0) is 18.9 Å². The summed E-state index contributed by atoms with van der Waals surface area (Å²) in [5.74, 6) is 6.26. The van der Waals surface area contributed by atoms with Crippen molar-refractivity contribution in [2.45, 2.75) is 26.7 Å². The summed E-state index contributed by atoms with van der Waals surface area (Å²) in [6, 6.07) is 8.41. The predicted octanol–water partition coefficient (Wildman–Crippen LogP) is 1.81. The number of nitrogens with one attached hydrogen (secondary N) is 1. The molecule has 0 radical (unpaired) electrons. The molecule has 3 N–H and O–H groups in total. The fraction of sp³-hybridized carbons (Fsp3) is 0.417. The van der Waals surface area contributed by atoms with E-state index in [1.165, 1.54) is 11.1 Å². The van der Waals surface area contributed by atoms with Crippen LogP contribution in [0.2, 0.25) is 0 Å². The summed E-state index contributed by atoms with van der Waals surface area (Å²) in [7, 11) is 0.